The summed E-state index contributed by atoms with van der Waals surface area (Å²) in [7, 11) is 1.42. The van der Waals surface area contributed by atoms with E-state index in [-0.39, 0.29) is 36.0 Å². The first-order valence-corrected chi connectivity index (χ1v) is 6.83. The topological polar surface area (TPSA) is 75.8 Å². The van der Waals surface area contributed by atoms with Crippen molar-refractivity contribution in [1.29, 1.82) is 0 Å². The van der Waals surface area contributed by atoms with Crippen molar-refractivity contribution in [2.75, 3.05) is 13.7 Å². The third kappa shape index (κ3) is 2.67. The number of hydrogen-bond donors (Lipinski definition) is 1. The Morgan fingerprint density at radius 2 is 2.18 bits per heavy atom. The minimum atomic E-state index is -0.635. The van der Waals surface area contributed by atoms with Gasteiger partial charge in [0.25, 0.3) is 11.8 Å². The van der Waals surface area contributed by atoms with Gasteiger partial charge in [-0.2, -0.15) is 0 Å². The van der Waals surface area contributed by atoms with Gasteiger partial charge in [0.15, 0.2) is 0 Å². The first kappa shape index (κ1) is 14.5. The van der Waals surface area contributed by atoms with Gasteiger partial charge in [-0.15, -0.1) is 0 Å². The number of likely N-dealkylation sites (tertiary alicyclic amines) is 1. The summed E-state index contributed by atoms with van der Waals surface area (Å²) in [6.45, 7) is 0.184. The number of ether oxygens (including phenoxy) is 1. The average molecular weight is 306 g/mol. The lowest BCUT2D eigenvalue weighted by Gasteiger charge is -2.23. The Morgan fingerprint density at radius 1 is 1.45 bits per heavy atom. The third-order valence-electron chi connectivity index (χ3n) is 3.70. The highest BCUT2D eigenvalue weighted by atomic mass is 19.1. The number of hydrogen-bond acceptors (Lipinski definition) is 5. The smallest absolute Gasteiger partial charge is 0.293 e. The van der Waals surface area contributed by atoms with Crippen LogP contribution in [-0.4, -0.2) is 40.8 Å². The molecule has 1 saturated heterocycles. The average Bonchev–Trinajstić information content (AvgIpc) is 3.14. The number of aliphatic hydroxyl groups is 1. The Bertz CT molecular complexity index is 670. The highest BCUT2D eigenvalue weighted by Crippen LogP contribution is 2.33. The van der Waals surface area contributed by atoms with Crippen LogP contribution in [0.5, 0.6) is 5.88 Å². The summed E-state index contributed by atoms with van der Waals surface area (Å²) in [5, 5.41) is 13.5. The molecule has 22 heavy (non-hydrogen) atoms. The zero-order valence-corrected chi connectivity index (χ0v) is 11.9. The van der Waals surface area contributed by atoms with Crippen LogP contribution < -0.4 is 4.74 Å². The summed E-state index contributed by atoms with van der Waals surface area (Å²) >= 11 is 0. The van der Waals surface area contributed by atoms with Crippen molar-refractivity contribution >= 4 is 5.91 Å². The Hall–Kier alpha value is -2.41. The van der Waals surface area contributed by atoms with E-state index in [0.29, 0.717) is 6.42 Å². The van der Waals surface area contributed by atoms with Gasteiger partial charge in [0.2, 0.25) is 5.76 Å². The van der Waals surface area contributed by atoms with Gasteiger partial charge >= 0.3 is 0 Å². The molecule has 2 atom stereocenters. The lowest BCUT2D eigenvalue weighted by molar-refractivity contribution is 0.0673. The molecule has 0 saturated carbocycles. The van der Waals surface area contributed by atoms with E-state index in [1.807, 2.05) is 0 Å². The number of amides is 1. The molecule has 2 heterocycles. The van der Waals surface area contributed by atoms with Gasteiger partial charge in [-0.1, -0.05) is 12.1 Å². The largest absolute Gasteiger partial charge is 0.479 e. The molecule has 1 N–H and O–H groups in total. The molecule has 116 valence electrons. The molecular formula is C15H15FN2O4. The first-order chi connectivity index (χ1) is 10.6. The SMILES string of the molecule is COc1cc(C(=O)N2C[C@H](O)C[C@H]2c2ccc(F)cc2)on1. The fourth-order valence-electron chi connectivity index (χ4n) is 2.64. The van der Waals surface area contributed by atoms with Crippen LogP contribution in [0.2, 0.25) is 0 Å². The maximum absolute atomic E-state index is 13.0. The van der Waals surface area contributed by atoms with Crippen LogP contribution in [0.25, 0.3) is 0 Å². The van der Waals surface area contributed by atoms with Crippen molar-refractivity contribution in [3.63, 3.8) is 0 Å². The molecule has 1 aromatic carbocycles. The molecule has 1 aliphatic rings. The van der Waals surface area contributed by atoms with Crippen LogP contribution in [0.4, 0.5) is 4.39 Å². The Kier molecular flexibility index (Phi) is 3.81. The molecule has 0 spiro atoms. The van der Waals surface area contributed by atoms with Crippen LogP contribution in [0, 0.1) is 5.82 Å². The number of aliphatic hydroxyl groups excluding tert-OH is 1. The van der Waals surface area contributed by atoms with Crippen LogP contribution in [0.1, 0.15) is 28.6 Å². The molecule has 1 amide bonds. The maximum Gasteiger partial charge on any atom is 0.293 e. The van der Waals surface area contributed by atoms with E-state index >= 15 is 0 Å². The standard InChI is InChI=1S/C15H15FN2O4/c1-21-14-7-13(22-17-14)15(20)18-8-11(19)6-12(18)9-2-4-10(16)5-3-9/h2-5,7,11-12,19H,6,8H2,1H3/t11-,12+/m1/s1. The van der Waals surface area contributed by atoms with E-state index < -0.39 is 6.10 Å². The number of halogens is 1. The molecule has 1 aliphatic heterocycles. The number of β-amino-alcohol motifs (C(OH)–C–C–N with tert-alkyl or cyclic N) is 1. The molecule has 2 aromatic rings. The molecule has 0 radical (unpaired) electrons. The van der Waals surface area contributed by atoms with Gasteiger partial charge in [-0.3, -0.25) is 4.79 Å². The Labute approximate surface area is 126 Å². The van der Waals surface area contributed by atoms with Crippen molar-refractivity contribution < 1.29 is 23.6 Å². The summed E-state index contributed by atoms with van der Waals surface area (Å²) in [4.78, 5) is 14.0. The normalized spacial score (nSPS) is 21.1. The first-order valence-electron chi connectivity index (χ1n) is 6.83. The Morgan fingerprint density at radius 3 is 2.82 bits per heavy atom. The molecule has 6 nitrogen and oxygen atoms in total. The highest BCUT2D eigenvalue weighted by molar-refractivity contribution is 5.92. The van der Waals surface area contributed by atoms with Crippen LogP contribution >= 0.6 is 0 Å². The number of rotatable bonds is 3. The number of nitrogens with zero attached hydrogens (tertiary/aromatic N) is 2. The van der Waals surface area contributed by atoms with Gasteiger partial charge in [0.05, 0.1) is 25.3 Å². The van der Waals surface area contributed by atoms with Crippen LogP contribution in [0.15, 0.2) is 34.9 Å². The summed E-state index contributed by atoms with van der Waals surface area (Å²) in [5.74, 6) is -0.485. The minimum Gasteiger partial charge on any atom is -0.479 e. The number of carbonyl (C=O) groups is 1. The van der Waals surface area contributed by atoms with E-state index in [0.717, 1.165) is 5.56 Å². The van der Waals surface area contributed by atoms with Gasteiger partial charge < -0.3 is 19.3 Å². The summed E-state index contributed by atoms with van der Waals surface area (Å²) in [5.41, 5.74) is 0.762. The van der Waals surface area contributed by atoms with E-state index in [1.165, 1.54) is 30.2 Å². The predicted molar refractivity (Wildman–Crippen MR) is 73.9 cm³/mol. The fourth-order valence-corrected chi connectivity index (χ4v) is 2.64. The molecule has 7 heteroatoms. The molecule has 0 aliphatic carbocycles. The van der Waals surface area contributed by atoms with Crippen molar-refractivity contribution in [3.8, 4) is 5.88 Å². The number of aromatic nitrogens is 1. The van der Waals surface area contributed by atoms with Crippen LogP contribution in [0.3, 0.4) is 0 Å². The molecule has 3 rings (SSSR count). The highest BCUT2D eigenvalue weighted by Gasteiger charge is 2.37. The number of benzene rings is 1. The van der Waals surface area contributed by atoms with Gasteiger partial charge in [0, 0.05) is 6.54 Å². The lowest BCUT2D eigenvalue weighted by atomic mass is 10.0. The van der Waals surface area contributed by atoms with Crippen LogP contribution in [-0.2, 0) is 0 Å². The maximum atomic E-state index is 13.0. The van der Waals surface area contributed by atoms with E-state index in [9.17, 15) is 14.3 Å². The molecule has 1 fully saturated rings. The van der Waals surface area contributed by atoms with Gasteiger partial charge in [0.1, 0.15) is 5.82 Å². The van der Waals surface area contributed by atoms with E-state index in [1.54, 1.807) is 12.1 Å². The molecule has 0 unspecified atom stereocenters. The summed E-state index contributed by atoms with van der Waals surface area (Å²) in [6.07, 6.45) is -0.244. The molecular weight excluding hydrogens is 291 g/mol. The zero-order chi connectivity index (χ0) is 15.7. The van der Waals surface area contributed by atoms with Crippen molar-refractivity contribution in [2.45, 2.75) is 18.6 Å². The second kappa shape index (κ2) is 5.76. The van der Waals surface area contributed by atoms with Crippen molar-refractivity contribution in [1.82, 2.24) is 10.1 Å². The van der Waals surface area contributed by atoms with E-state index in [2.05, 4.69) is 5.16 Å². The third-order valence-corrected chi connectivity index (χ3v) is 3.70. The number of carbonyl (C=O) groups excluding carboxylic acids is 1. The molecule has 0 bridgehead atoms. The summed E-state index contributed by atoms with van der Waals surface area (Å²) < 4.78 is 22.9. The second-order valence-electron chi connectivity index (χ2n) is 5.15. The monoisotopic (exact) mass is 306 g/mol. The fraction of sp³-hybridized carbons (Fsp3) is 0.333. The number of methoxy groups -OCH3 is 1. The van der Waals surface area contributed by atoms with E-state index in [4.69, 9.17) is 9.26 Å². The quantitative estimate of drug-likeness (QED) is 0.935. The van der Waals surface area contributed by atoms with Gasteiger partial charge in [-0.05, 0) is 29.3 Å². The zero-order valence-electron chi connectivity index (χ0n) is 11.9. The Balaban J connectivity index is 1.86. The minimum absolute atomic E-state index is 0.0399. The van der Waals surface area contributed by atoms with Crippen molar-refractivity contribution in [3.05, 3.63) is 47.5 Å². The molecule has 1 aromatic heterocycles. The second-order valence-corrected chi connectivity index (χ2v) is 5.15. The summed E-state index contributed by atoms with van der Waals surface area (Å²) in [6, 6.07) is 6.95. The van der Waals surface area contributed by atoms with Gasteiger partial charge in [-0.25, -0.2) is 4.39 Å². The lowest BCUT2D eigenvalue weighted by Crippen LogP contribution is -2.31. The van der Waals surface area contributed by atoms with Crippen molar-refractivity contribution in [2.24, 2.45) is 0 Å². The predicted octanol–water partition coefficient (Wildman–Crippen LogP) is 1.77.